The quantitative estimate of drug-likeness (QED) is 0.792. The predicted octanol–water partition coefficient (Wildman–Crippen LogP) is 1.09. The number of rotatable bonds is 5. The van der Waals surface area contributed by atoms with E-state index in [-0.39, 0.29) is 11.8 Å². The van der Waals surface area contributed by atoms with Crippen LogP contribution in [0.25, 0.3) is 0 Å². The molecule has 0 saturated heterocycles. The van der Waals surface area contributed by atoms with Gasteiger partial charge in [0, 0.05) is 13.7 Å². The van der Waals surface area contributed by atoms with Gasteiger partial charge in [-0.25, -0.2) is 9.48 Å². The first-order chi connectivity index (χ1) is 7.11. The Balaban J connectivity index is 3.13. The Morgan fingerprint density at radius 2 is 2.33 bits per heavy atom. The molecule has 0 amide bonds. The van der Waals surface area contributed by atoms with Crippen LogP contribution in [-0.4, -0.2) is 33.2 Å². The number of hydrogen-bond acceptors (Lipinski definition) is 4. The lowest BCUT2D eigenvalue weighted by Gasteiger charge is -2.11. The fourth-order valence-corrected chi connectivity index (χ4v) is 1.36. The van der Waals surface area contributed by atoms with Crippen LogP contribution in [0.15, 0.2) is 0 Å². The number of ether oxygens (including phenoxy) is 1. The summed E-state index contributed by atoms with van der Waals surface area (Å²) in [6, 6.07) is 0. The normalized spacial score (nSPS) is 12.7. The van der Waals surface area contributed by atoms with Gasteiger partial charge in [-0.05, 0) is 13.3 Å². The van der Waals surface area contributed by atoms with E-state index in [0.717, 1.165) is 6.42 Å². The molecule has 0 aliphatic heterocycles. The molecule has 0 aromatic carbocycles. The third-order valence-electron chi connectivity index (χ3n) is 2.15. The van der Waals surface area contributed by atoms with Crippen molar-refractivity contribution in [2.24, 2.45) is 0 Å². The van der Waals surface area contributed by atoms with Crippen molar-refractivity contribution in [1.29, 1.82) is 0 Å². The molecule has 0 aliphatic carbocycles. The second-order valence-electron chi connectivity index (χ2n) is 3.23. The summed E-state index contributed by atoms with van der Waals surface area (Å²) in [5.41, 5.74) is 0.490. The Kier molecular flexibility index (Phi) is 3.79. The minimum absolute atomic E-state index is 0.0298. The standard InChI is InChI=1S/C9H15N3O3/c1-4-5-12-8(6(2)15-3)7(9(13)14)10-11-12/h6H,4-5H2,1-3H3,(H,13,14). The molecule has 1 aromatic heterocycles. The van der Waals surface area contributed by atoms with Crippen LogP contribution in [-0.2, 0) is 11.3 Å². The summed E-state index contributed by atoms with van der Waals surface area (Å²) in [4.78, 5) is 10.9. The highest BCUT2D eigenvalue weighted by Gasteiger charge is 2.23. The minimum Gasteiger partial charge on any atom is -0.476 e. The Labute approximate surface area is 87.9 Å². The molecule has 0 saturated carbocycles. The molecule has 0 fully saturated rings. The summed E-state index contributed by atoms with van der Waals surface area (Å²) in [6.07, 6.45) is 0.545. The van der Waals surface area contributed by atoms with Crippen LogP contribution < -0.4 is 0 Å². The molecular formula is C9H15N3O3. The number of nitrogens with zero attached hydrogens (tertiary/aromatic N) is 3. The molecule has 1 N–H and O–H groups in total. The molecule has 1 heterocycles. The van der Waals surface area contributed by atoms with Crippen molar-refractivity contribution < 1.29 is 14.6 Å². The number of hydrogen-bond donors (Lipinski definition) is 1. The van der Waals surface area contributed by atoms with Crippen LogP contribution in [0, 0.1) is 0 Å². The average Bonchev–Trinajstić information content (AvgIpc) is 2.61. The zero-order valence-electron chi connectivity index (χ0n) is 9.10. The van der Waals surface area contributed by atoms with Gasteiger partial charge in [0.05, 0.1) is 6.10 Å². The summed E-state index contributed by atoms with van der Waals surface area (Å²) in [5, 5.41) is 16.4. The largest absolute Gasteiger partial charge is 0.476 e. The molecule has 15 heavy (non-hydrogen) atoms. The van der Waals surface area contributed by atoms with Crippen LogP contribution in [0.4, 0.5) is 0 Å². The molecule has 0 aliphatic rings. The molecular weight excluding hydrogens is 198 g/mol. The molecule has 0 bridgehead atoms. The van der Waals surface area contributed by atoms with Gasteiger partial charge in [-0.15, -0.1) is 5.10 Å². The van der Waals surface area contributed by atoms with E-state index in [9.17, 15) is 4.79 Å². The van der Waals surface area contributed by atoms with Crippen molar-refractivity contribution in [2.45, 2.75) is 32.9 Å². The second-order valence-corrected chi connectivity index (χ2v) is 3.23. The number of carboxylic acid groups (broad SMARTS) is 1. The highest BCUT2D eigenvalue weighted by molar-refractivity contribution is 5.86. The van der Waals surface area contributed by atoms with Crippen LogP contribution >= 0.6 is 0 Å². The monoisotopic (exact) mass is 213 g/mol. The molecule has 1 unspecified atom stereocenters. The number of aromatic carboxylic acids is 1. The van der Waals surface area contributed by atoms with Crippen molar-refractivity contribution in [2.75, 3.05) is 7.11 Å². The van der Waals surface area contributed by atoms with Crippen molar-refractivity contribution >= 4 is 5.97 Å². The van der Waals surface area contributed by atoms with Gasteiger partial charge in [-0.2, -0.15) is 0 Å². The van der Waals surface area contributed by atoms with Crippen molar-refractivity contribution in [3.63, 3.8) is 0 Å². The van der Waals surface area contributed by atoms with E-state index in [0.29, 0.717) is 12.2 Å². The van der Waals surface area contributed by atoms with Gasteiger partial charge in [-0.3, -0.25) is 0 Å². The molecule has 84 valence electrons. The van der Waals surface area contributed by atoms with E-state index in [1.165, 1.54) is 7.11 Å². The fraction of sp³-hybridized carbons (Fsp3) is 0.667. The summed E-state index contributed by atoms with van der Waals surface area (Å²) < 4.78 is 6.69. The van der Waals surface area contributed by atoms with Gasteiger partial charge in [0.25, 0.3) is 0 Å². The van der Waals surface area contributed by atoms with Crippen molar-refractivity contribution in [3.05, 3.63) is 11.4 Å². The van der Waals surface area contributed by atoms with Gasteiger partial charge in [0.2, 0.25) is 0 Å². The van der Waals surface area contributed by atoms with Crippen molar-refractivity contribution in [1.82, 2.24) is 15.0 Å². The zero-order chi connectivity index (χ0) is 11.4. The lowest BCUT2D eigenvalue weighted by Crippen LogP contribution is -2.12. The summed E-state index contributed by atoms with van der Waals surface area (Å²) >= 11 is 0. The number of carbonyl (C=O) groups is 1. The van der Waals surface area contributed by atoms with Crippen LogP contribution in [0.3, 0.4) is 0 Å². The zero-order valence-corrected chi connectivity index (χ0v) is 9.10. The van der Waals surface area contributed by atoms with E-state index in [1.54, 1.807) is 11.6 Å². The van der Waals surface area contributed by atoms with Gasteiger partial charge >= 0.3 is 5.97 Å². The summed E-state index contributed by atoms with van der Waals surface area (Å²) in [5.74, 6) is -1.07. The lowest BCUT2D eigenvalue weighted by molar-refractivity contribution is 0.0673. The number of aromatic nitrogens is 3. The number of carboxylic acids is 1. The Hall–Kier alpha value is -1.43. The Morgan fingerprint density at radius 3 is 2.80 bits per heavy atom. The molecule has 6 nitrogen and oxygen atoms in total. The van der Waals surface area contributed by atoms with Crippen LogP contribution in [0.5, 0.6) is 0 Å². The molecule has 1 rings (SSSR count). The second kappa shape index (κ2) is 4.88. The average molecular weight is 213 g/mol. The first-order valence-electron chi connectivity index (χ1n) is 4.81. The third kappa shape index (κ3) is 2.33. The smallest absolute Gasteiger partial charge is 0.358 e. The van der Waals surface area contributed by atoms with E-state index in [1.807, 2.05) is 6.92 Å². The Morgan fingerprint density at radius 1 is 1.67 bits per heavy atom. The highest BCUT2D eigenvalue weighted by atomic mass is 16.5. The van der Waals surface area contributed by atoms with E-state index >= 15 is 0 Å². The van der Waals surface area contributed by atoms with Crippen molar-refractivity contribution in [3.8, 4) is 0 Å². The SMILES string of the molecule is CCCn1nnc(C(=O)O)c1C(C)OC. The molecule has 6 heteroatoms. The van der Waals surface area contributed by atoms with Gasteiger partial charge in [0.15, 0.2) is 5.69 Å². The molecule has 1 atom stereocenters. The maximum absolute atomic E-state index is 10.9. The molecule has 0 radical (unpaired) electrons. The van der Waals surface area contributed by atoms with E-state index < -0.39 is 5.97 Å². The Bertz CT molecular complexity index is 348. The summed E-state index contributed by atoms with van der Waals surface area (Å²) in [6.45, 7) is 4.41. The van der Waals surface area contributed by atoms with Gasteiger partial charge in [-0.1, -0.05) is 12.1 Å². The van der Waals surface area contributed by atoms with E-state index in [2.05, 4.69) is 10.3 Å². The first kappa shape index (κ1) is 11.6. The molecule has 0 spiro atoms. The highest BCUT2D eigenvalue weighted by Crippen LogP contribution is 2.18. The van der Waals surface area contributed by atoms with Crippen LogP contribution in [0.1, 0.15) is 42.6 Å². The fourth-order valence-electron chi connectivity index (χ4n) is 1.36. The van der Waals surface area contributed by atoms with E-state index in [4.69, 9.17) is 9.84 Å². The maximum atomic E-state index is 10.9. The lowest BCUT2D eigenvalue weighted by atomic mass is 10.2. The van der Waals surface area contributed by atoms with Gasteiger partial charge in [0.1, 0.15) is 5.69 Å². The minimum atomic E-state index is -1.07. The third-order valence-corrected chi connectivity index (χ3v) is 2.15. The van der Waals surface area contributed by atoms with Crippen LogP contribution in [0.2, 0.25) is 0 Å². The summed E-state index contributed by atoms with van der Waals surface area (Å²) in [7, 11) is 1.53. The predicted molar refractivity (Wildman–Crippen MR) is 52.7 cm³/mol. The maximum Gasteiger partial charge on any atom is 0.358 e. The molecule has 1 aromatic rings. The van der Waals surface area contributed by atoms with Gasteiger partial charge < -0.3 is 9.84 Å². The number of aryl methyl sites for hydroxylation is 1. The first-order valence-corrected chi connectivity index (χ1v) is 4.81. The topological polar surface area (TPSA) is 77.2 Å². The number of methoxy groups -OCH3 is 1.